The third kappa shape index (κ3) is 3.76. The van der Waals surface area contributed by atoms with Crippen molar-refractivity contribution in [1.29, 1.82) is 0 Å². The van der Waals surface area contributed by atoms with Crippen molar-refractivity contribution in [2.24, 2.45) is 0 Å². The van der Waals surface area contributed by atoms with Gasteiger partial charge < -0.3 is 0 Å². The first kappa shape index (κ1) is 16.9. The normalized spacial score (nSPS) is 10.1. The van der Waals surface area contributed by atoms with Crippen molar-refractivity contribution in [2.75, 3.05) is 0 Å². The van der Waals surface area contributed by atoms with Gasteiger partial charge >= 0.3 is 0 Å². The van der Waals surface area contributed by atoms with E-state index in [9.17, 15) is 0 Å². The summed E-state index contributed by atoms with van der Waals surface area (Å²) in [6.07, 6.45) is 10.3. The van der Waals surface area contributed by atoms with Gasteiger partial charge in [0.05, 0.1) is 0 Å². The first-order valence-electron chi connectivity index (χ1n) is 7.37. The molecule has 0 aliphatic carbocycles. The molecule has 0 aliphatic rings. The zero-order valence-electron chi connectivity index (χ0n) is 13.1. The molecule has 4 rings (SSSR count). The third-order valence-electron chi connectivity index (χ3n) is 3.45. The van der Waals surface area contributed by atoms with Crippen LogP contribution in [-0.2, 0) is 18.6 Å². The molecule has 0 amide bonds. The maximum Gasteiger partial charge on any atom is 0.164 e. The van der Waals surface area contributed by atoms with Crippen LogP contribution in [0.15, 0.2) is 73.6 Å². The fourth-order valence-electron chi connectivity index (χ4n) is 2.27. The summed E-state index contributed by atoms with van der Waals surface area (Å²) in [5, 5.41) is 0. The average Bonchev–Trinajstić information content (AvgIpc) is 2.70. The van der Waals surface area contributed by atoms with Gasteiger partial charge in [-0.3, -0.25) is 15.0 Å². The molecule has 0 aromatic carbocycles. The SMILES string of the molecule is [V].c1cc(-c2nc(-c3ccncc3)nc(-c3ccncc3)n2)ccn1. The minimum atomic E-state index is 0. The largest absolute Gasteiger partial charge is 0.265 e. The van der Waals surface area contributed by atoms with Crippen molar-refractivity contribution >= 4 is 0 Å². The van der Waals surface area contributed by atoms with Gasteiger partial charge in [-0.1, -0.05) is 0 Å². The third-order valence-corrected chi connectivity index (χ3v) is 3.45. The summed E-state index contributed by atoms with van der Waals surface area (Å²) in [6, 6.07) is 11.3. The summed E-state index contributed by atoms with van der Waals surface area (Å²) in [4.78, 5) is 26.0. The van der Waals surface area contributed by atoms with Crippen LogP contribution < -0.4 is 0 Å². The fourth-order valence-corrected chi connectivity index (χ4v) is 2.27. The van der Waals surface area contributed by atoms with Gasteiger partial charge in [-0.2, -0.15) is 0 Å². The number of aromatic nitrogens is 6. The van der Waals surface area contributed by atoms with Gasteiger partial charge in [-0.25, -0.2) is 15.0 Å². The van der Waals surface area contributed by atoms with Crippen molar-refractivity contribution in [1.82, 2.24) is 29.9 Å². The second-order valence-corrected chi connectivity index (χ2v) is 5.01. The fraction of sp³-hybridized carbons (Fsp3) is 0. The zero-order chi connectivity index (χ0) is 16.2. The van der Waals surface area contributed by atoms with Gasteiger partial charge in [-0.15, -0.1) is 0 Å². The summed E-state index contributed by atoms with van der Waals surface area (Å²) in [6.45, 7) is 0. The summed E-state index contributed by atoms with van der Waals surface area (Å²) < 4.78 is 0. The topological polar surface area (TPSA) is 77.3 Å². The molecule has 7 heteroatoms. The van der Waals surface area contributed by atoms with Crippen LogP contribution in [0.25, 0.3) is 34.2 Å². The second-order valence-electron chi connectivity index (χ2n) is 5.01. The monoisotopic (exact) mass is 363 g/mol. The Balaban J connectivity index is 0.00000182. The maximum absolute atomic E-state index is 4.61. The molecule has 6 nitrogen and oxygen atoms in total. The van der Waals surface area contributed by atoms with Crippen LogP contribution in [0.2, 0.25) is 0 Å². The van der Waals surface area contributed by atoms with Gasteiger partial charge in [0.1, 0.15) is 0 Å². The van der Waals surface area contributed by atoms with E-state index in [1.54, 1.807) is 37.2 Å². The second kappa shape index (κ2) is 7.74. The number of rotatable bonds is 3. The van der Waals surface area contributed by atoms with Crippen molar-refractivity contribution in [3.63, 3.8) is 0 Å². The first-order chi connectivity index (χ1) is 11.9. The van der Waals surface area contributed by atoms with Crippen LogP contribution in [0.1, 0.15) is 0 Å². The van der Waals surface area contributed by atoms with E-state index in [2.05, 4.69) is 29.9 Å². The molecule has 0 spiro atoms. The first-order valence-corrected chi connectivity index (χ1v) is 7.37. The molecule has 4 aromatic heterocycles. The number of nitrogens with zero attached hydrogens (tertiary/aromatic N) is 6. The van der Waals surface area contributed by atoms with Gasteiger partial charge in [-0.05, 0) is 36.4 Å². The standard InChI is InChI=1S/C18H12N6.V/c1-7-19-8-2-13(1)16-22-17(14-3-9-20-10-4-14)24-18(23-16)15-5-11-21-12-6-15;/h1-12H;. The molecule has 0 N–H and O–H groups in total. The molecule has 0 bridgehead atoms. The van der Waals surface area contributed by atoms with Crippen molar-refractivity contribution in [3.8, 4) is 34.2 Å². The number of hydrogen-bond acceptors (Lipinski definition) is 6. The van der Waals surface area contributed by atoms with E-state index in [-0.39, 0.29) is 18.6 Å². The summed E-state index contributed by atoms with van der Waals surface area (Å²) in [7, 11) is 0. The quantitative estimate of drug-likeness (QED) is 0.557. The van der Waals surface area contributed by atoms with Gasteiger partial charge in [0.15, 0.2) is 17.5 Å². The number of pyridine rings is 3. The molecule has 0 saturated heterocycles. The van der Waals surface area contributed by atoms with Crippen molar-refractivity contribution in [2.45, 2.75) is 0 Å². The molecule has 0 saturated carbocycles. The van der Waals surface area contributed by atoms with Crippen LogP contribution in [-0.4, -0.2) is 29.9 Å². The number of hydrogen-bond donors (Lipinski definition) is 0. The Morgan fingerprint density at radius 1 is 0.400 bits per heavy atom. The van der Waals surface area contributed by atoms with E-state index < -0.39 is 0 Å². The molecule has 25 heavy (non-hydrogen) atoms. The maximum atomic E-state index is 4.61. The Morgan fingerprint density at radius 3 is 0.880 bits per heavy atom. The van der Waals surface area contributed by atoms with Crippen LogP contribution >= 0.6 is 0 Å². The van der Waals surface area contributed by atoms with E-state index in [0.29, 0.717) is 17.5 Å². The van der Waals surface area contributed by atoms with Crippen LogP contribution in [0.3, 0.4) is 0 Å². The Labute approximate surface area is 156 Å². The van der Waals surface area contributed by atoms with E-state index in [4.69, 9.17) is 0 Å². The predicted octanol–water partition coefficient (Wildman–Crippen LogP) is 3.06. The minimum Gasteiger partial charge on any atom is -0.265 e. The molecule has 4 heterocycles. The summed E-state index contributed by atoms with van der Waals surface area (Å²) in [5.41, 5.74) is 2.66. The van der Waals surface area contributed by atoms with E-state index >= 15 is 0 Å². The van der Waals surface area contributed by atoms with E-state index in [0.717, 1.165) is 16.7 Å². The Morgan fingerprint density at radius 2 is 0.640 bits per heavy atom. The molecular formula is C18H12N6V. The smallest absolute Gasteiger partial charge is 0.164 e. The summed E-state index contributed by atoms with van der Waals surface area (Å²) >= 11 is 0. The molecule has 0 fully saturated rings. The molecule has 119 valence electrons. The zero-order valence-corrected chi connectivity index (χ0v) is 14.5. The summed E-state index contributed by atoms with van der Waals surface area (Å²) in [5.74, 6) is 1.81. The Hall–Kier alpha value is -2.96. The molecule has 1 radical (unpaired) electrons. The molecule has 0 unspecified atom stereocenters. The minimum absolute atomic E-state index is 0. The van der Waals surface area contributed by atoms with Gasteiger partial charge in [0, 0.05) is 72.4 Å². The average molecular weight is 363 g/mol. The Kier molecular flexibility index (Phi) is 5.23. The molecule has 0 aliphatic heterocycles. The van der Waals surface area contributed by atoms with Crippen LogP contribution in [0.4, 0.5) is 0 Å². The molecular weight excluding hydrogens is 351 g/mol. The molecule has 0 atom stereocenters. The van der Waals surface area contributed by atoms with Crippen molar-refractivity contribution < 1.29 is 18.6 Å². The van der Waals surface area contributed by atoms with Crippen LogP contribution in [0, 0.1) is 0 Å². The van der Waals surface area contributed by atoms with E-state index in [1.165, 1.54) is 0 Å². The van der Waals surface area contributed by atoms with E-state index in [1.807, 2.05) is 36.4 Å². The van der Waals surface area contributed by atoms with Gasteiger partial charge in [0.2, 0.25) is 0 Å². The van der Waals surface area contributed by atoms with Crippen molar-refractivity contribution in [3.05, 3.63) is 73.6 Å². The van der Waals surface area contributed by atoms with Gasteiger partial charge in [0.25, 0.3) is 0 Å². The van der Waals surface area contributed by atoms with Crippen LogP contribution in [0.5, 0.6) is 0 Å². The Bertz CT molecular complexity index is 809. The molecule has 4 aromatic rings. The predicted molar refractivity (Wildman–Crippen MR) is 89.5 cm³/mol.